The highest BCUT2D eigenvalue weighted by molar-refractivity contribution is 5.93. The molecule has 0 saturated heterocycles. The van der Waals surface area contributed by atoms with Gasteiger partial charge in [-0.1, -0.05) is 6.07 Å². The first kappa shape index (κ1) is 18.4. The number of hydrogen-bond acceptors (Lipinski definition) is 8. The monoisotopic (exact) mass is 393 g/mol. The number of ether oxygens (including phenoxy) is 1. The Bertz CT molecular complexity index is 1140. The van der Waals surface area contributed by atoms with Gasteiger partial charge in [0.1, 0.15) is 5.69 Å². The number of furan rings is 1. The number of hydrogen-bond donors (Lipinski definition) is 1. The number of rotatable bonds is 6. The molecule has 0 aliphatic carbocycles. The van der Waals surface area contributed by atoms with Gasteiger partial charge in [-0.15, -0.1) is 5.10 Å². The number of carbonyl (C=O) groups excluding carboxylic acids is 1. The zero-order valence-corrected chi connectivity index (χ0v) is 15.9. The van der Waals surface area contributed by atoms with Gasteiger partial charge >= 0.3 is 0 Å². The van der Waals surface area contributed by atoms with Gasteiger partial charge in [0.05, 0.1) is 13.4 Å². The molecule has 0 aliphatic heterocycles. The second kappa shape index (κ2) is 7.58. The van der Waals surface area contributed by atoms with Gasteiger partial charge in [0.15, 0.2) is 11.4 Å². The van der Waals surface area contributed by atoms with E-state index in [9.17, 15) is 4.79 Å². The lowest BCUT2D eigenvalue weighted by molar-refractivity contribution is 0.0746. The van der Waals surface area contributed by atoms with Gasteiger partial charge in [-0.2, -0.15) is 4.52 Å². The Morgan fingerprint density at radius 3 is 2.83 bits per heavy atom. The molecule has 2 N–H and O–H groups in total. The maximum atomic E-state index is 13.0. The van der Waals surface area contributed by atoms with Crippen molar-refractivity contribution in [3.8, 4) is 17.5 Å². The Balaban J connectivity index is 1.62. The highest BCUT2D eigenvalue weighted by Gasteiger charge is 2.20. The van der Waals surface area contributed by atoms with Crippen LogP contribution in [0.15, 0.2) is 47.2 Å². The summed E-state index contributed by atoms with van der Waals surface area (Å²) in [7, 11) is 1.55. The number of nitrogens with zero attached hydrogens (tertiary/aromatic N) is 6. The zero-order chi connectivity index (χ0) is 20.4. The van der Waals surface area contributed by atoms with Crippen LogP contribution in [0.2, 0.25) is 0 Å². The van der Waals surface area contributed by atoms with Crippen molar-refractivity contribution in [3.63, 3.8) is 0 Å². The smallest absolute Gasteiger partial charge is 0.273 e. The standard InChI is InChI=1S/C19H19N7O3/c1-3-25(11-12-6-7-16(28-2)21-10-12)18(27)13-9-15-23-17(14-5-4-8-29-14)24-26(15)19(20)22-13/h4-10H,3,11H2,1-2H3,(H2,20,22). The Morgan fingerprint density at radius 1 is 1.31 bits per heavy atom. The van der Waals surface area contributed by atoms with E-state index in [1.54, 1.807) is 42.5 Å². The molecule has 29 heavy (non-hydrogen) atoms. The van der Waals surface area contributed by atoms with Crippen LogP contribution in [0.1, 0.15) is 23.0 Å². The van der Waals surface area contributed by atoms with Gasteiger partial charge in [-0.3, -0.25) is 4.79 Å². The second-order valence-corrected chi connectivity index (χ2v) is 6.21. The molecule has 0 saturated carbocycles. The van der Waals surface area contributed by atoms with Crippen LogP contribution in [0.25, 0.3) is 17.2 Å². The van der Waals surface area contributed by atoms with E-state index >= 15 is 0 Å². The molecule has 0 fully saturated rings. The molecule has 0 bridgehead atoms. The summed E-state index contributed by atoms with van der Waals surface area (Å²) >= 11 is 0. The number of amides is 1. The summed E-state index contributed by atoms with van der Waals surface area (Å²) in [6, 6.07) is 8.66. The van der Waals surface area contributed by atoms with Crippen molar-refractivity contribution in [1.82, 2.24) is 29.5 Å². The van der Waals surface area contributed by atoms with Gasteiger partial charge in [0.2, 0.25) is 17.7 Å². The third-order valence-electron chi connectivity index (χ3n) is 4.36. The van der Waals surface area contributed by atoms with Crippen LogP contribution < -0.4 is 10.5 Å². The van der Waals surface area contributed by atoms with Crippen LogP contribution in [0.3, 0.4) is 0 Å². The lowest BCUT2D eigenvalue weighted by Crippen LogP contribution is -2.31. The van der Waals surface area contributed by atoms with E-state index in [2.05, 4.69) is 20.1 Å². The van der Waals surface area contributed by atoms with E-state index in [1.165, 1.54) is 10.8 Å². The van der Waals surface area contributed by atoms with Crippen LogP contribution in [-0.2, 0) is 6.54 Å². The largest absolute Gasteiger partial charge is 0.481 e. The normalized spacial score (nSPS) is 11.0. The fourth-order valence-electron chi connectivity index (χ4n) is 2.87. The number of pyridine rings is 1. The van der Waals surface area contributed by atoms with E-state index in [4.69, 9.17) is 14.9 Å². The molecular formula is C19H19N7O3. The van der Waals surface area contributed by atoms with Crippen molar-refractivity contribution in [2.24, 2.45) is 0 Å². The Hall–Kier alpha value is -3.95. The van der Waals surface area contributed by atoms with E-state index in [1.807, 2.05) is 13.0 Å². The summed E-state index contributed by atoms with van der Waals surface area (Å²) in [4.78, 5) is 27.4. The van der Waals surface area contributed by atoms with Crippen molar-refractivity contribution >= 4 is 17.5 Å². The molecule has 4 heterocycles. The average Bonchev–Trinajstić information content (AvgIpc) is 3.41. The quantitative estimate of drug-likeness (QED) is 0.527. The molecule has 0 aliphatic rings. The summed E-state index contributed by atoms with van der Waals surface area (Å²) in [6.45, 7) is 2.76. The van der Waals surface area contributed by atoms with E-state index in [0.717, 1.165) is 5.56 Å². The first-order chi connectivity index (χ1) is 14.1. The fraction of sp³-hybridized carbons (Fsp3) is 0.211. The zero-order valence-electron chi connectivity index (χ0n) is 15.9. The molecule has 4 aromatic heterocycles. The summed E-state index contributed by atoms with van der Waals surface area (Å²) in [6.07, 6.45) is 3.21. The number of carbonyl (C=O) groups is 1. The number of nitrogen functional groups attached to an aromatic ring is 1. The maximum absolute atomic E-state index is 13.0. The molecule has 148 valence electrons. The first-order valence-electron chi connectivity index (χ1n) is 8.94. The number of nitrogens with two attached hydrogens (primary N) is 1. The molecular weight excluding hydrogens is 374 g/mol. The van der Waals surface area contributed by atoms with Crippen molar-refractivity contribution in [1.29, 1.82) is 0 Å². The van der Waals surface area contributed by atoms with Gasteiger partial charge < -0.3 is 19.8 Å². The van der Waals surface area contributed by atoms with Crippen LogP contribution in [0.5, 0.6) is 5.88 Å². The van der Waals surface area contributed by atoms with Crippen molar-refractivity contribution < 1.29 is 13.9 Å². The van der Waals surface area contributed by atoms with Crippen LogP contribution >= 0.6 is 0 Å². The Kier molecular flexibility index (Phi) is 4.82. The molecule has 4 aromatic rings. The van der Waals surface area contributed by atoms with Gasteiger partial charge in [0, 0.05) is 31.4 Å². The fourth-order valence-corrected chi connectivity index (χ4v) is 2.87. The number of methoxy groups -OCH3 is 1. The summed E-state index contributed by atoms with van der Waals surface area (Å²) in [5.41, 5.74) is 7.49. The maximum Gasteiger partial charge on any atom is 0.273 e. The van der Waals surface area contributed by atoms with Crippen LogP contribution in [0, 0.1) is 0 Å². The van der Waals surface area contributed by atoms with Crippen LogP contribution in [0.4, 0.5) is 5.95 Å². The predicted molar refractivity (Wildman–Crippen MR) is 104 cm³/mol. The summed E-state index contributed by atoms with van der Waals surface area (Å²) < 4.78 is 11.8. The predicted octanol–water partition coefficient (Wildman–Crippen LogP) is 2.03. The minimum Gasteiger partial charge on any atom is -0.481 e. The van der Waals surface area contributed by atoms with Gasteiger partial charge in [-0.25, -0.2) is 15.0 Å². The van der Waals surface area contributed by atoms with Crippen LogP contribution in [-0.4, -0.2) is 49.0 Å². The SMILES string of the molecule is CCN(Cc1ccc(OC)nc1)C(=O)c1cc2nc(-c3ccco3)nn2c(N)n1. The van der Waals surface area contributed by atoms with Crippen molar-refractivity contribution in [2.75, 3.05) is 19.4 Å². The molecule has 0 unspecified atom stereocenters. The molecule has 0 radical (unpaired) electrons. The third kappa shape index (κ3) is 3.59. The molecule has 0 atom stereocenters. The second-order valence-electron chi connectivity index (χ2n) is 6.21. The number of anilines is 1. The molecule has 1 amide bonds. The average molecular weight is 393 g/mol. The van der Waals surface area contributed by atoms with Gasteiger partial charge in [-0.05, 0) is 24.6 Å². The first-order valence-corrected chi connectivity index (χ1v) is 8.94. The lowest BCUT2D eigenvalue weighted by atomic mass is 10.2. The molecule has 4 rings (SSSR count). The highest BCUT2D eigenvalue weighted by Crippen LogP contribution is 2.19. The van der Waals surface area contributed by atoms with Crippen molar-refractivity contribution in [3.05, 3.63) is 54.0 Å². The lowest BCUT2D eigenvalue weighted by Gasteiger charge is -2.20. The highest BCUT2D eigenvalue weighted by atomic mass is 16.5. The van der Waals surface area contributed by atoms with E-state index < -0.39 is 0 Å². The summed E-state index contributed by atoms with van der Waals surface area (Å²) in [5.74, 6) is 1.19. The topological polar surface area (TPSA) is 125 Å². The van der Waals surface area contributed by atoms with E-state index in [0.29, 0.717) is 36.2 Å². The Morgan fingerprint density at radius 2 is 2.17 bits per heavy atom. The Labute approximate surface area is 166 Å². The summed E-state index contributed by atoms with van der Waals surface area (Å²) in [5, 5.41) is 4.28. The third-order valence-corrected chi connectivity index (χ3v) is 4.36. The van der Waals surface area contributed by atoms with Gasteiger partial charge in [0.25, 0.3) is 5.91 Å². The minimum atomic E-state index is -0.264. The molecule has 10 heteroatoms. The molecule has 10 nitrogen and oxygen atoms in total. The minimum absolute atomic E-state index is 0.0679. The number of aromatic nitrogens is 5. The van der Waals surface area contributed by atoms with Crippen molar-refractivity contribution in [2.45, 2.75) is 13.5 Å². The van der Waals surface area contributed by atoms with E-state index in [-0.39, 0.29) is 17.5 Å². The molecule has 0 aromatic carbocycles. The molecule has 0 spiro atoms. The number of fused-ring (bicyclic) bond motifs is 1.